The number of rotatable bonds is 3. The van der Waals surface area contributed by atoms with E-state index < -0.39 is 29.0 Å². The molecular weight excluding hydrogens is 439 g/mol. The minimum atomic E-state index is -4.62. The molecule has 1 aliphatic carbocycles. The van der Waals surface area contributed by atoms with E-state index in [0.29, 0.717) is 12.3 Å². The number of aryl methyl sites for hydroxylation is 1. The number of alkyl halides is 3. The average Bonchev–Trinajstić information content (AvgIpc) is 3.16. The number of carbonyl (C=O) groups is 1. The Hall–Kier alpha value is -3.57. The van der Waals surface area contributed by atoms with E-state index in [-0.39, 0.29) is 11.5 Å². The van der Waals surface area contributed by atoms with E-state index in [9.17, 15) is 22.8 Å². The number of hydrogen-bond donors (Lipinski definition) is 2. The van der Waals surface area contributed by atoms with Crippen molar-refractivity contribution in [2.24, 2.45) is 12.5 Å². The molecule has 2 aliphatic rings. The van der Waals surface area contributed by atoms with E-state index >= 15 is 0 Å². The normalized spacial score (nSPS) is 17.7. The molecule has 0 radical (unpaired) electrons. The number of fused-ring (bicyclic) bond motifs is 1. The van der Waals surface area contributed by atoms with Crippen molar-refractivity contribution >= 4 is 28.7 Å². The molecule has 1 aliphatic heterocycles. The van der Waals surface area contributed by atoms with Gasteiger partial charge in [0.05, 0.1) is 11.8 Å². The van der Waals surface area contributed by atoms with Crippen molar-refractivity contribution in [1.82, 2.24) is 24.4 Å². The third-order valence-electron chi connectivity index (χ3n) is 6.58. The topological polar surface area (TPSA) is 99.1 Å². The van der Waals surface area contributed by atoms with Crippen LogP contribution in [0.2, 0.25) is 0 Å². The Labute approximate surface area is 186 Å². The van der Waals surface area contributed by atoms with Crippen LogP contribution in [0.4, 0.5) is 29.5 Å². The van der Waals surface area contributed by atoms with Crippen LogP contribution in [0.25, 0.3) is 11.2 Å². The number of urea groups is 1. The number of hydrogen-bond acceptors (Lipinski definition) is 5. The second kappa shape index (κ2) is 7.22. The van der Waals surface area contributed by atoms with Crippen LogP contribution < -0.4 is 15.8 Å². The Morgan fingerprint density at radius 3 is 2.76 bits per heavy atom. The van der Waals surface area contributed by atoms with Gasteiger partial charge in [-0.05, 0) is 25.0 Å². The third-order valence-corrected chi connectivity index (χ3v) is 6.58. The van der Waals surface area contributed by atoms with E-state index in [1.54, 1.807) is 19.4 Å². The molecule has 0 aromatic carbocycles. The van der Waals surface area contributed by atoms with Gasteiger partial charge in [0.25, 0.3) is 5.56 Å². The number of anilines is 2. The number of pyridine rings is 1. The van der Waals surface area contributed by atoms with Crippen molar-refractivity contribution in [1.29, 1.82) is 0 Å². The molecule has 2 amide bonds. The van der Waals surface area contributed by atoms with E-state index in [4.69, 9.17) is 0 Å². The molecule has 2 fully saturated rings. The van der Waals surface area contributed by atoms with Crippen LogP contribution in [0.3, 0.4) is 0 Å². The zero-order valence-corrected chi connectivity index (χ0v) is 18.0. The lowest BCUT2D eigenvalue weighted by atomic mass is 9.60. The van der Waals surface area contributed by atoms with Crippen molar-refractivity contribution in [3.05, 3.63) is 46.6 Å². The minimum absolute atomic E-state index is 0.0555. The van der Waals surface area contributed by atoms with Gasteiger partial charge in [-0.3, -0.25) is 4.79 Å². The molecule has 3 aromatic heterocycles. The predicted octanol–water partition coefficient (Wildman–Crippen LogP) is 2.81. The predicted molar refractivity (Wildman–Crippen MR) is 115 cm³/mol. The summed E-state index contributed by atoms with van der Waals surface area (Å²) in [4.78, 5) is 40.4. The summed E-state index contributed by atoms with van der Waals surface area (Å²) in [7, 11) is 2.81. The van der Waals surface area contributed by atoms with Gasteiger partial charge in [-0.1, -0.05) is 0 Å². The monoisotopic (exact) mass is 461 g/mol. The minimum Gasteiger partial charge on any atom is -0.354 e. The molecule has 4 heterocycles. The highest BCUT2D eigenvalue weighted by Crippen LogP contribution is 2.51. The molecule has 174 valence electrons. The molecule has 2 N–H and O–H groups in total. The quantitative estimate of drug-likeness (QED) is 0.625. The molecule has 3 aromatic rings. The molecule has 1 spiro atoms. The maximum Gasteiger partial charge on any atom is 0.417 e. The fraction of sp³-hybridized carbons (Fsp3) is 0.429. The molecular formula is C21H22F3N7O2. The first-order valence-electron chi connectivity index (χ1n) is 10.4. The van der Waals surface area contributed by atoms with E-state index in [1.165, 1.54) is 11.9 Å². The van der Waals surface area contributed by atoms with Crippen molar-refractivity contribution in [3.63, 3.8) is 0 Å². The second-order valence-electron chi connectivity index (χ2n) is 8.96. The molecule has 5 rings (SSSR count). The molecule has 0 atom stereocenters. The van der Waals surface area contributed by atoms with Gasteiger partial charge in [0.2, 0.25) is 0 Å². The highest BCUT2D eigenvalue weighted by Gasteiger charge is 2.54. The largest absolute Gasteiger partial charge is 0.417 e. The van der Waals surface area contributed by atoms with Crippen molar-refractivity contribution in [3.8, 4) is 0 Å². The smallest absolute Gasteiger partial charge is 0.354 e. The lowest BCUT2D eigenvalue weighted by Gasteiger charge is -2.60. The number of carbonyl (C=O) groups excluding carboxylic acids is 1. The molecule has 0 unspecified atom stereocenters. The Balaban J connectivity index is 1.19. The van der Waals surface area contributed by atoms with Crippen LogP contribution in [0.15, 0.2) is 35.5 Å². The number of nitrogens with zero attached hydrogens (tertiary/aromatic N) is 5. The standard InChI is InChI=1S/C21H22F3N7O2/c1-29-9-12(21(22,23)24)5-15(18(29)32)28-19(33)30(2)13-6-20(7-13)10-31(11-20)16-8-26-17-14(27-16)3-4-25-17/h3-5,8-9,13H,6-7,10-11H2,1-2H3,(H,25,26)(H,28,33). The van der Waals surface area contributed by atoms with Crippen LogP contribution in [-0.2, 0) is 13.2 Å². The summed E-state index contributed by atoms with van der Waals surface area (Å²) in [5.41, 5.74) is -0.476. The molecule has 0 bridgehead atoms. The van der Waals surface area contributed by atoms with Crippen molar-refractivity contribution in [2.75, 3.05) is 30.4 Å². The number of aromatic amines is 1. The first kappa shape index (κ1) is 21.3. The van der Waals surface area contributed by atoms with E-state index in [1.807, 2.05) is 6.07 Å². The molecule has 1 saturated carbocycles. The van der Waals surface area contributed by atoms with E-state index in [2.05, 4.69) is 25.2 Å². The second-order valence-corrected chi connectivity index (χ2v) is 8.96. The van der Waals surface area contributed by atoms with Gasteiger partial charge < -0.3 is 24.7 Å². The van der Waals surface area contributed by atoms with Crippen molar-refractivity contribution in [2.45, 2.75) is 25.1 Å². The maximum atomic E-state index is 13.1. The fourth-order valence-electron chi connectivity index (χ4n) is 4.70. The molecule has 9 nitrogen and oxygen atoms in total. The Kier molecular flexibility index (Phi) is 4.66. The van der Waals surface area contributed by atoms with Gasteiger partial charge in [0, 0.05) is 51.0 Å². The number of amides is 2. The Morgan fingerprint density at radius 2 is 2.06 bits per heavy atom. The summed E-state index contributed by atoms with van der Waals surface area (Å²) >= 11 is 0. The summed E-state index contributed by atoms with van der Waals surface area (Å²) in [6.07, 6.45) is 1.15. The molecule has 33 heavy (non-hydrogen) atoms. The zero-order chi connectivity index (χ0) is 23.5. The summed E-state index contributed by atoms with van der Waals surface area (Å²) in [5.74, 6) is 0.808. The number of H-pyrrole nitrogens is 1. The van der Waals surface area contributed by atoms with Gasteiger partial charge in [-0.25, -0.2) is 14.8 Å². The molecule has 12 heteroatoms. The summed E-state index contributed by atoms with van der Waals surface area (Å²) in [6.45, 7) is 1.61. The maximum absolute atomic E-state index is 13.1. The van der Waals surface area contributed by atoms with Gasteiger partial charge in [0.1, 0.15) is 17.0 Å². The molecule has 1 saturated heterocycles. The van der Waals surface area contributed by atoms with Crippen LogP contribution in [0.5, 0.6) is 0 Å². The van der Waals surface area contributed by atoms with E-state index in [0.717, 1.165) is 47.5 Å². The van der Waals surface area contributed by atoms with Crippen LogP contribution in [-0.4, -0.2) is 56.6 Å². The number of halogens is 3. The SMILES string of the molecule is CN(C(=O)Nc1cc(C(F)(F)F)cn(C)c1=O)C1CC2(C1)CN(c1cnc3[nH]ccc3n1)C2. The van der Waals surface area contributed by atoms with Crippen molar-refractivity contribution < 1.29 is 18.0 Å². The average molecular weight is 461 g/mol. The highest BCUT2D eigenvalue weighted by molar-refractivity contribution is 5.89. The van der Waals surface area contributed by atoms with Gasteiger partial charge in [-0.2, -0.15) is 13.2 Å². The first-order chi connectivity index (χ1) is 15.5. The summed E-state index contributed by atoms with van der Waals surface area (Å²) < 4.78 is 40.0. The van der Waals surface area contributed by atoms with Gasteiger partial charge >= 0.3 is 12.2 Å². The fourth-order valence-corrected chi connectivity index (χ4v) is 4.70. The van der Waals surface area contributed by atoms with Crippen LogP contribution in [0.1, 0.15) is 18.4 Å². The van der Waals surface area contributed by atoms with Crippen LogP contribution >= 0.6 is 0 Å². The van der Waals surface area contributed by atoms with Gasteiger partial charge in [0.15, 0.2) is 5.65 Å². The lowest BCUT2D eigenvalue weighted by molar-refractivity contribution is -0.138. The summed E-state index contributed by atoms with van der Waals surface area (Å²) in [6, 6.07) is 1.88. The zero-order valence-electron chi connectivity index (χ0n) is 18.0. The Morgan fingerprint density at radius 1 is 1.33 bits per heavy atom. The van der Waals surface area contributed by atoms with Gasteiger partial charge in [-0.15, -0.1) is 0 Å². The highest BCUT2D eigenvalue weighted by atomic mass is 19.4. The Bertz CT molecular complexity index is 1280. The third kappa shape index (κ3) is 3.68. The van der Waals surface area contributed by atoms with Crippen LogP contribution in [0, 0.1) is 5.41 Å². The summed E-state index contributed by atoms with van der Waals surface area (Å²) in [5, 5.41) is 2.35. The number of nitrogens with one attached hydrogen (secondary N) is 2. The lowest BCUT2D eigenvalue weighted by Crippen LogP contribution is -2.67. The number of aromatic nitrogens is 4. The first-order valence-corrected chi connectivity index (χ1v) is 10.4.